The van der Waals surface area contributed by atoms with Crippen LogP contribution in [0.3, 0.4) is 0 Å². The molecule has 0 radical (unpaired) electrons. The van der Waals surface area contributed by atoms with Gasteiger partial charge in [-0.1, -0.05) is 13.3 Å². The first-order valence-electron chi connectivity index (χ1n) is 6.22. The van der Waals surface area contributed by atoms with E-state index < -0.39 is 11.2 Å². The van der Waals surface area contributed by atoms with Gasteiger partial charge >= 0.3 is 5.69 Å². The van der Waals surface area contributed by atoms with Crippen molar-refractivity contribution in [1.82, 2.24) is 19.1 Å². The fraction of sp³-hybridized carbons (Fsp3) is 0.500. The van der Waals surface area contributed by atoms with Gasteiger partial charge in [0.05, 0.1) is 12.9 Å². The zero-order valence-corrected chi connectivity index (χ0v) is 11.0. The highest BCUT2D eigenvalue weighted by Gasteiger charge is 2.13. The number of carbonyl (C=O) groups excluding carboxylic acids is 1. The Hall–Kier alpha value is -2.18. The van der Waals surface area contributed by atoms with Gasteiger partial charge in [-0.05, 0) is 13.3 Å². The minimum absolute atomic E-state index is 0.0750. The van der Waals surface area contributed by atoms with Crippen LogP contribution in [0.1, 0.15) is 26.7 Å². The lowest BCUT2D eigenvalue weighted by molar-refractivity contribution is -0.117. The molecule has 0 amide bonds. The van der Waals surface area contributed by atoms with E-state index >= 15 is 0 Å². The molecule has 0 bridgehead atoms. The number of unbranched alkanes of at least 4 members (excludes halogenated alkanes) is 1. The summed E-state index contributed by atoms with van der Waals surface area (Å²) in [4.78, 5) is 41.2. The Morgan fingerprint density at radius 1 is 1.42 bits per heavy atom. The van der Waals surface area contributed by atoms with Crippen LogP contribution in [0.4, 0.5) is 0 Å². The van der Waals surface area contributed by atoms with Crippen LogP contribution in [0, 0.1) is 0 Å². The number of H-pyrrole nitrogens is 1. The Morgan fingerprint density at radius 2 is 2.16 bits per heavy atom. The number of rotatable bonds is 5. The molecule has 0 aromatic carbocycles. The fourth-order valence-corrected chi connectivity index (χ4v) is 2.00. The largest absolute Gasteiger partial charge is 0.330 e. The minimum Gasteiger partial charge on any atom is -0.317 e. The molecule has 0 aliphatic carbocycles. The van der Waals surface area contributed by atoms with Crippen molar-refractivity contribution >= 4 is 16.9 Å². The Kier molecular flexibility index (Phi) is 3.64. The first-order valence-corrected chi connectivity index (χ1v) is 6.22. The molecule has 0 atom stereocenters. The lowest BCUT2D eigenvalue weighted by Crippen LogP contribution is -2.31. The monoisotopic (exact) mass is 264 g/mol. The van der Waals surface area contributed by atoms with Gasteiger partial charge in [0.2, 0.25) is 0 Å². The molecule has 1 N–H and O–H groups in total. The lowest BCUT2D eigenvalue weighted by atomic mass is 10.3. The van der Waals surface area contributed by atoms with Crippen LogP contribution in [0.25, 0.3) is 11.2 Å². The van der Waals surface area contributed by atoms with Gasteiger partial charge in [0, 0.05) is 6.54 Å². The second-order valence-corrected chi connectivity index (χ2v) is 4.51. The molecule has 0 aliphatic heterocycles. The van der Waals surface area contributed by atoms with Crippen molar-refractivity contribution in [3.05, 3.63) is 27.2 Å². The molecule has 102 valence electrons. The number of aryl methyl sites for hydroxylation is 1. The highest BCUT2D eigenvalue weighted by Crippen LogP contribution is 2.07. The summed E-state index contributed by atoms with van der Waals surface area (Å²) in [5, 5.41) is 0. The van der Waals surface area contributed by atoms with Crippen LogP contribution in [-0.4, -0.2) is 24.9 Å². The molecule has 0 aliphatic rings. The summed E-state index contributed by atoms with van der Waals surface area (Å²) in [7, 11) is 0. The van der Waals surface area contributed by atoms with Crippen LogP contribution < -0.4 is 11.2 Å². The topological polar surface area (TPSA) is 89.8 Å². The van der Waals surface area contributed by atoms with Gasteiger partial charge in [-0.15, -0.1) is 0 Å². The Balaban J connectivity index is 2.64. The fourth-order valence-electron chi connectivity index (χ4n) is 2.00. The number of aromatic amines is 1. The van der Waals surface area contributed by atoms with E-state index in [0.29, 0.717) is 12.2 Å². The number of nitrogens with one attached hydrogen (secondary N) is 1. The standard InChI is InChI=1S/C12H16N4O3/c1-3-4-5-16-10-9(11(18)14-12(16)19)15(7-13-10)6-8(2)17/h7H,3-6H2,1-2H3,(H,14,18,19). The number of aromatic nitrogens is 4. The van der Waals surface area contributed by atoms with Crippen molar-refractivity contribution in [2.75, 3.05) is 0 Å². The van der Waals surface area contributed by atoms with Gasteiger partial charge in [-0.2, -0.15) is 0 Å². The first-order chi connectivity index (χ1) is 9.04. The molecular weight excluding hydrogens is 248 g/mol. The summed E-state index contributed by atoms with van der Waals surface area (Å²) >= 11 is 0. The number of carbonyl (C=O) groups is 1. The molecule has 2 aromatic rings. The number of imidazole rings is 1. The molecule has 2 heterocycles. The summed E-state index contributed by atoms with van der Waals surface area (Å²) in [6.07, 6.45) is 3.17. The van der Waals surface area contributed by atoms with Crippen molar-refractivity contribution < 1.29 is 4.79 Å². The highest BCUT2D eigenvalue weighted by atomic mass is 16.2. The van der Waals surface area contributed by atoms with E-state index in [2.05, 4.69) is 9.97 Å². The number of hydrogen-bond donors (Lipinski definition) is 1. The van der Waals surface area contributed by atoms with Crippen molar-refractivity contribution in [3.8, 4) is 0 Å². The van der Waals surface area contributed by atoms with E-state index in [1.807, 2.05) is 6.92 Å². The van der Waals surface area contributed by atoms with Crippen LogP contribution in [0.5, 0.6) is 0 Å². The van der Waals surface area contributed by atoms with Crippen LogP contribution >= 0.6 is 0 Å². The molecule has 0 saturated carbocycles. The van der Waals surface area contributed by atoms with Crippen LogP contribution in [0.2, 0.25) is 0 Å². The molecule has 7 heteroatoms. The quantitative estimate of drug-likeness (QED) is 0.839. The average molecular weight is 264 g/mol. The summed E-state index contributed by atoms with van der Waals surface area (Å²) in [5.41, 5.74) is -0.361. The van der Waals surface area contributed by atoms with Crippen molar-refractivity contribution in [1.29, 1.82) is 0 Å². The third kappa shape index (κ3) is 2.49. The molecule has 2 rings (SSSR count). The predicted octanol–water partition coefficient (Wildman–Crippen LogP) is 0.275. The van der Waals surface area contributed by atoms with Gasteiger partial charge in [-0.3, -0.25) is 19.1 Å². The van der Waals surface area contributed by atoms with Gasteiger partial charge in [0.15, 0.2) is 11.2 Å². The van der Waals surface area contributed by atoms with Crippen molar-refractivity contribution in [2.45, 2.75) is 39.8 Å². The zero-order valence-electron chi connectivity index (χ0n) is 11.0. The Labute approximate surface area is 108 Å². The highest BCUT2D eigenvalue weighted by molar-refractivity contribution is 5.78. The predicted molar refractivity (Wildman–Crippen MR) is 70.2 cm³/mol. The average Bonchev–Trinajstić information content (AvgIpc) is 2.72. The molecule has 0 fully saturated rings. The van der Waals surface area contributed by atoms with Gasteiger partial charge in [0.1, 0.15) is 5.78 Å². The third-order valence-electron chi connectivity index (χ3n) is 2.88. The molecule has 2 aromatic heterocycles. The summed E-state index contributed by atoms with van der Waals surface area (Å²) in [6.45, 7) is 4.03. The van der Waals surface area contributed by atoms with Gasteiger partial charge in [0.25, 0.3) is 5.56 Å². The minimum atomic E-state index is -0.508. The summed E-state index contributed by atoms with van der Waals surface area (Å²) in [6, 6.07) is 0. The van der Waals surface area contributed by atoms with Gasteiger partial charge in [-0.25, -0.2) is 9.78 Å². The van der Waals surface area contributed by atoms with Crippen LogP contribution in [-0.2, 0) is 17.9 Å². The maximum Gasteiger partial charge on any atom is 0.330 e. The molecule has 0 saturated heterocycles. The number of fused-ring (bicyclic) bond motifs is 1. The van der Waals surface area contributed by atoms with E-state index in [1.165, 1.54) is 22.4 Å². The van der Waals surface area contributed by atoms with Crippen LogP contribution in [0.15, 0.2) is 15.9 Å². The van der Waals surface area contributed by atoms with Crippen molar-refractivity contribution in [3.63, 3.8) is 0 Å². The zero-order chi connectivity index (χ0) is 14.0. The van der Waals surface area contributed by atoms with E-state index in [0.717, 1.165) is 12.8 Å². The maximum absolute atomic E-state index is 11.8. The van der Waals surface area contributed by atoms with Crippen molar-refractivity contribution in [2.24, 2.45) is 0 Å². The normalized spacial score (nSPS) is 11.1. The number of Topliss-reactive ketones (excluding diaryl/α,β-unsaturated/α-hetero) is 1. The number of hydrogen-bond acceptors (Lipinski definition) is 4. The van der Waals surface area contributed by atoms with E-state index in [-0.39, 0.29) is 17.8 Å². The van der Waals surface area contributed by atoms with Gasteiger partial charge < -0.3 is 4.57 Å². The number of nitrogens with zero attached hydrogens (tertiary/aromatic N) is 3. The molecule has 19 heavy (non-hydrogen) atoms. The smallest absolute Gasteiger partial charge is 0.317 e. The van der Waals surface area contributed by atoms with E-state index in [1.54, 1.807) is 0 Å². The SMILES string of the molecule is CCCCn1c(=O)[nH]c(=O)c2c1ncn2CC(C)=O. The Bertz CT molecular complexity index is 723. The molecule has 0 spiro atoms. The second-order valence-electron chi connectivity index (χ2n) is 4.51. The first kappa shape index (κ1) is 13.3. The third-order valence-corrected chi connectivity index (χ3v) is 2.88. The molecular formula is C12H16N4O3. The van der Waals surface area contributed by atoms with E-state index in [9.17, 15) is 14.4 Å². The van der Waals surface area contributed by atoms with E-state index in [4.69, 9.17) is 0 Å². The molecule has 7 nitrogen and oxygen atoms in total. The lowest BCUT2D eigenvalue weighted by Gasteiger charge is -2.05. The second kappa shape index (κ2) is 5.21. The maximum atomic E-state index is 11.8. The Morgan fingerprint density at radius 3 is 2.79 bits per heavy atom. The summed E-state index contributed by atoms with van der Waals surface area (Å²) < 4.78 is 2.91. The molecule has 0 unspecified atom stereocenters. The number of ketones is 1. The summed E-state index contributed by atoms with van der Waals surface area (Å²) in [5.74, 6) is -0.0787.